The van der Waals surface area contributed by atoms with Crippen molar-refractivity contribution in [1.82, 2.24) is 10.2 Å². The molecule has 4 nitrogen and oxygen atoms in total. The number of carbonyl (C=O) groups is 2. The first-order valence-electron chi connectivity index (χ1n) is 11.0. The van der Waals surface area contributed by atoms with E-state index in [0.29, 0.717) is 36.7 Å². The summed E-state index contributed by atoms with van der Waals surface area (Å²) < 4.78 is 0. The third kappa shape index (κ3) is 8.58. The van der Waals surface area contributed by atoms with Crippen LogP contribution in [0.25, 0.3) is 0 Å². The highest BCUT2D eigenvalue weighted by molar-refractivity contribution is 7.99. The molecule has 168 valence electrons. The first-order chi connectivity index (χ1) is 14.9. The summed E-state index contributed by atoms with van der Waals surface area (Å²) in [4.78, 5) is 28.9. The molecule has 31 heavy (non-hydrogen) atoms. The smallest absolute Gasteiger partial charge is 0.242 e. The molecule has 0 aliphatic heterocycles. The van der Waals surface area contributed by atoms with E-state index in [1.807, 2.05) is 62.4 Å². The lowest BCUT2D eigenvalue weighted by Crippen LogP contribution is -2.49. The van der Waals surface area contributed by atoms with Crippen molar-refractivity contribution in [2.75, 3.05) is 12.3 Å². The largest absolute Gasteiger partial charge is 0.354 e. The average molecular weight is 461 g/mol. The molecule has 0 aromatic heterocycles. The minimum atomic E-state index is -0.466. The quantitative estimate of drug-likeness (QED) is 0.319. The fraction of sp³-hybridized carbons (Fsp3) is 0.440. The number of rotatable bonds is 12. The molecule has 1 N–H and O–H groups in total. The van der Waals surface area contributed by atoms with E-state index in [1.54, 1.807) is 16.7 Å². The maximum Gasteiger partial charge on any atom is 0.242 e. The Hall–Kier alpha value is -1.98. The predicted molar refractivity (Wildman–Crippen MR) is 131 cm³/mol. The molecular formula is C25H33ClN2O2S. The second kappa shape index (κ2) is 13.4. The van der Waals surface area contributed by atoms with Gasteiger partial charge in [-0.3, -0.25) is 9.59 Å². The van der Waals surface area contributed by atoms with Crippen LogP contribution in [-0.2, 0) is 16.1 Å². The van der Waals surface area contributed by atoms with Gasteiger partial charge >= 0.3 is 0 Å². The molecule has 2 aromatic carbocycles. The molecule has 0 spiro atoms. The summed E-state index contributed by atoms with van der Waals surface area (Å²) in [5, 5.41) is 3.70. The zero-order chi connectivity index (χ0) is 22.6. The summed E-state index contributed by atoms with van der Waals surface area (Å²) in [6.45, 7) is 7.17. The van der Waals surface area contributed by atoms with Gasteiger partial charge in [-0.2, -0.15) is 0 Å². The molecule has 0 bridgehead atoms. The Morgan fingerprint density at radius 3 is 2.35 bits per heavy atom. The molecule has 1 atom stereocenters. The number of aryl methyl sites for hydroxylation is 1. The van der Waals surface area contributed by atoms with Crippen LogP contribution in [0.5, 0.6) is 0 Å². The molecule has 6 heteroatoms. The maximum absolute atomic E-state index is 13.2. The number of carbonyl (C=O) groups excluding carboxylic acids is 2. The number of hydrogen-bond donors (Lipinski definition) is 1. The van der Waals surface area contributed by atoms with Gasteiger partial charge in [-0.05, 0) is 49.6 Å². The van der Waals surface area contributed by atoms with E-state index in [9.17, 15) is 9.59 Å². The number of benzene rings is 2. The van der Waals surface area contributed by atoms with E-state index in [-0.39, 0.29) is 11.8 Å². The zero-order valence-corrected chi connectivity index (χ0v) is 20.3. The molecule has 2 amide bonds. The highest BCUT2D eigenvalue weighted by Crippen LogP contribution is 2.22. The number of thioether (sulfide) groups is 1. The zero-order valence-electron chi connectivity index (χ0n) is 18.7. The number of hydrogen-bond acceptors (Lipinski definition) is 3. The summed E-state index contributed by atoms with van der Waals surface area (Å²) in [6.07, 6.45) is 2.91. The Morgan fingerprint density at radius 2 is 1.74 bits per heavy atom. The highest BCUT2D eigenvalue weighted by Gasteiger charge is 2.28. The van der Waals surface area contributed by atoms with Gasteiger partial charge in [0.1, 0.15) is 6.04 Å². The SMILES string of the molecule is CCCCNC(=O)[C@H](CC)N(Cc1ccc(C)cc1)C(=O)CCSc1ccc(Cl)cc1. The summed E-state index contributed by atoms with van der Waals surface area (Å²) in [5.41, 5.74) is 2.20. The molecule has 0 fully saturated rings. The van der Waals surface area contributed by atoms with Gasteiger partial charge in [0.15, 0.2) is 0 Å². The van der Waals surface area contributed by atoms with Gasteiger partial charge < -0.3 is 10.2 Å². The molecule has 0 aliphatic rings. The van der Waals surface area contributed by atoms with Gasteiger partial charge in [0.25, 0.3) is 0 Å². The van der Waals surface area contributed by atoms with Gasteiger partial charge in [-0.25, -0.2) is 0 Å². The van der Waals surface area contributed by atoms with E-state index in [0.717, 1.165) is 23.3 Å². The van der Waals surface area contributed by atoms with Gasteiger partial charge in [-0.1, -0.05) is 61.7 Å². The number of unbranched alkanes of at least 4 members (excludes halogenated alkanes) is 1. The Labute approximate surface area is 195 Å². The number of nitrogens with one attached hydrogen (secondary N) is 1. The third-order valence-corrected chi connectivity index (χ3v) is 6.35. The molecule has 2 aromatic rings. The first-order valence-corrected chi connectivity index (χ1v) is 12.3. The maximum atomic E-state index is 13.2. The summed E-state index contributed by atoms with van der Waals surface area (Å²) in [6, 6.07) is 15.3. The van der Waals surface area contributed by atoms with Crippen LogP contribution in [-0.4, -0.2) is 35.1 Å². The second-order valence-corrected chi connectivity index (χ2v) is 9.23. The second-order valence-electron chi connectivity index (χ2n) is 7.63. The lowest BCUT2D eigenvalue weighted by molar-refractivity contribution is -0.141. The fourth-order valence-electron chi connectivity index (χ4n) is 3.25. The molecule has 2 rings (SSSR count). The van der Waals surface area contributed by atoms with E-state index in [2.05, 4.69) is 12.2 Å². The highest BCUT2D eigenvalue weighted by atomic mass is 35.5. The molecule has 0 heterocycles. The predicted octanol–water partition coefficient (Wildman–Crippen LogP) is 5.85. The van der Waals surface area contributed by atoms with Crippen molar-refractivity contribution in [3.8, 4) is 0 Å². The molecule has 0 unspecified atom stereocenters. The Morgan fingerprint density at radius 1 is 1.06 bits per heavy atom. The third-order valence-electron chi connectivity index (χ3n) is 5.09. The normalized spacial score (nSPS) is 11.7. The lowest BCUT2D eigenvalue weighted by atomic mass is 10.1. The molecule has 0 saturated carbocycles. The van der Waals surface area contributed by atoms with Crippen LogP contribution in [0.1, 0.15) is 50.7 Å². The van der Waals surface area contributed by atoms with Crippen molar-refractivity contribution in [2.24, 2.45) is 0 Å². The van der Waals surface area contributed by atoms with Crippen molar-refractivity contribution in [3.05, 3.63) is 64.7 Å². The topological polar surface area (TPSA) is 49.4 Å². The Kier molecular flexibility index (Phi) is 11.0. The Bertz CT molecular complexity index is 824. The van der Waals surface area contributed by atoms with Crippen molar-refractivity contribution < 1.29 is 9.59 Å². The molecule has 0 aliphatic carbocycles. The van der Waals surface area contributed by atoms with Crippen LogP contribution in [0.2, 0.25) is 5.02 Å². The van der Waals surface area contributed by atoms with Gasteiger partial charge in [0.2, 0.25) is 11.8 Å². The van der Waals surface area contributed by atoms with Crippen LogP contribution >= 0.6 is 23.4 Å². The van der Waals surface area contributed by atoms with Crippen molar-refractivity contribution in [1.29, 1.82) is 0 Å². The minimum absolute atomic E-state index is 0.000435. The summed E-state index contributed by atoms with van der Waals surface area (Å²) >= 11 is 7.56. The average Bonchev–Trinajstić information content (AvgIpc) is 2.76. The van der Waals surface area contributed by atoms with Crippen LogP contribution in [0.4, 0.5) is 0 Å². The van der Waals surface area contributed by atoms with E-state index in [4.69, 9.17) is 11.6 Å². The van der Waals surface area contributed by atoms with Gasteiger partial charge in [0, 0.05) is 35.2 Å². The molecular weight excluding hydrogens is 428 g/mol. The van der Waals surface area contributed by atoms with E-state index < -0.39 is 6.04 Å². The van der Waals surface area contributed by atoms with Crippen molar-refractivity contribution in [3.63, 3.8) is 0 Å². The monoisotopic (exact) mass is 460 g/mol. The number of halogens is 1. The minimum Gasteiger partial charge on any atom is -0.354 e. The van der Waals surface area contributed by atoms with Crippen LogP contribution in [0, 0.1) is 6.92 Å². The summed E-state index contributed by atoms with van der Waals surface area (Å²) in [7, 11) is 0. The molecule has 0 radical (unpaired) electrons. The lowest BCUT2D eigenvalue weighted by Gasteiger charge is -2.30. The standard InChI is InChI=1S/C25H33ClN2O2S/c1-4-6-16-27-25(30)23(5-2)28(18-20-9-7-19(3)8-10-20)24(29)15-17-31-22-13-11-21(26)12-14-22/h7-14,23H,4-6,15-18H2,1-3H3,(H,27,30)/t23-/m0/s1. The van der Waals surface area contributed by atoms with Crippen LogP contribution in [0.3, 0.4) is 0 Å². The van der Waals surface area contributed by atoms with Crippen molar-refractivity contribution >= 4 is 35.2 Å². The van der Waals surface area contributed by atoms with Crippen molar-refractivity contribution in [2.45, 2.75) is 63.9 Å². The first kappa shape index (κ1) is 25.3. The number of nitrogens with zero attached hydrogens (tertiary/aromatic N) is 1. The van der Waals surface area contributed by atoms with Gasteiger partial charge in [0.05, 0.1) is 0 Å². The van der Waals surface area contributed by atoms with Crippen LogP contribution in [0.15, 0.2) is 53.4 Å². The molecule has 0 saturated heterocycles. The Balaban J connectivity index is 2.08. The summed E-state index contributed by atoms with van der Waals surface area (Å²) in [5.74, 6) is 0.583. The van der Waals surface area contributed by atoms with Gasteiger partial charge in [-0.15, -0.1) is 11.8 Å². The van der Waals surface area contributed by atoms with Crippen LogP contribution < -0.4 is 5.32 Å². The van der Waals surface area contributed by atoms with E-state index in [1.165, 1.54) is 5.56 Å². The number of amides is 2. The fourth-order valence-corrected chi connectivity index (χ4v) is 4.21. The van der Waals surface area contributed by atoms with E-state index >= 15 is 0 Å².